The van der Waals surface area contributed by atoms with Gasteiger partial charge < -0.3 is 19.9 Å². The van der Waals surface area contributed by atoms with Crippen LogP contribution in [0, 0.1) is 0 Å². The Morgan fingerprint density at radius 3 is 2.74 bits per heavy atom. The first-order valence-corrected chi connectivity index (χ1v) is 8.99. The third-order valence-electron chi connectivity index (χ3n) is 4.98. The average molecular weight is 363 g/mol. The molecule has 0 spiro atoms. The largest absolute Gasteiger partial charge is 0.497 e. The summed E-state index contributed by atoms with van der Waals surface area (Å²) in [6, 6.07) is 14.2. The fraction of sp³-hybridized carbons (Fsp3) is 0.238. The smallest absolute Gasteiger partial charge is 0.254 e. The van der Waals surface area contributed by atoms with Gasteiger partial charge in [-0.15, -0.1) is 0 Å². The van der Waals surface area contributed by atoms with Crippen LogP contribution in [0.1, 0.15) is 23.2 Å². The predicted octanol–water partition coefficient (Wildman–Crippen LogP) is 3.42. The van der Waals surface area contributed by atoms with E-state index >= 15 is 0 Å². The van der Waals surface area contributed by atoms with Crippen molar-refractivity contribution >= 4 is 28.4 Å². The first kappa shape index (κ1) is 17.1. The quantitative estimate of drug-likeness (QED) is 0.746. The lowest BCUT2D eigenvalue weighted by Gasteiger charge is -2.24. The Morgan fingerprint density at radius 2 is 1.96 bits per heavy atom. The highest BCUT2D eigenvalue weighted by molar-refractivity contribution is 6.03. The van der Waals surface area contributed by atoms with Gasteiger partial charge in [0.1, 0.15) is 11.8 Å². The van der Waals surface area contributed by atoms with E-state index < -0.39 is 6.04 Å². The minimum absolute atomic E-state index is 0.112. The van der Waals surface area contributed by atoms with Gasteiger partial charge in [0.05, 0.1) is 7.11 Å². The molecular formula is C21H21N3O3. The number of likely N-dealkylation sites (tertiary alicyclic amines) is 1. The van der Waals surface area contributed by atoms with E-state index in [1.165, 1.54) is 0 Å². The van der Waals surface area contributed by atoms with Crippen LogP contribution in [-0.4, -0.2) is 41.4 Å². The van der Waals surface area contributed by atoms with E-state index in [0.29, 0.717) is 24.2 Å². The monoisotopic (exact) mass is 363 g/mol. The average Bonchev–Trinajstić information content (AvgIpc) is 3.36. The highest BCUT2D eigenvalue weighted by Crippen LogP contribution is 2.24. The van der Waals surface area contributed by atoms with Gasteiger partial charge in [0.2, 0.25) is 5.91 Å². The van der Waals surface area contributed by atoms with Crippen molar-refractivity contribution in [3.63, 3.8) is 0 Å². The Hall–Kier alpha value is -3.28. The SMILES string of the molecule is COc1ccc(NC(=O)[C@@H]2CCCN2C(=O)c2ccc3cc[nH]c3c2)cc1. The molecule has 6 nitrogen and oxygen atoms in total. The Bertz CT molecular complexity index is 978. The molecule has 2 amide bonds. The van der Waals surface area contributed by atoms with Crippen molar-refractivity contribution in [2.75, 3.05) is 19.0 Å². The fourth-order valence-corrected chi connectivity index (χ4v) is 3.53. The molecule has 1 aromatic heterocycles. The minimum atomic E-state index is -0.459. The minimum Gasteiger partial charge on any atom is -0.497 e. The second-order valence-electron chi connectivity index (χ2n) is 6.65. The number of hydrogen-bond acceptors (Lipinski definition) is 3. The molecule has 4 rings (SSSR count). The number of ether oxygens (including phenoxy) is 1. The second kappa shape index (κ2) is 7.15. The lowest BCUT2D eigenvalue weighted by Crippen LogP contribution is -2.43. The molecule has 2 aromatic carbocycles. The van der Waals surface area contributed by atoms with Crippen LogP contribution >= 0.6 is 0 Å². The molecule has 1 aliphatic heterocycles. The molecule has 3 aromatic rings. The van der Waals surface area contributed by atoms with Gasteiger partial charge in [0.15, 0.2) is 0 Å². The van der Waals surface area contributed by atoms with Gasteiger partial charge in [-0.1, -0.05) is 6.07 Å². The number of fused-ring (bicyclic) bond motifs is 1. The van der Waals surface area contributed by atoms with E-state index in [4.69, 9.17) is 4.74 Å². The summed E-state index contributed by atoms with van der Waals surface area (Å²) in [5.41, 5.74) is 2.20. The van der Waals surface area contributed by atoms with E-state index in [0.717, 1.165) is 23.1 Å². The van der Waals surface area contributed by atoms with E-state index in [1.54, 1.807) is 36.3 Å². The molecule has 6 heteroatoms. The van der Waals surface area contributed by atoms with Crippen molar-refractivity contribution in [2.45, 2.75) is 18.9 Å². The first-order chi connectivity index (χ1) is 13.2. The summed E-state index contributed by atoms with van der Waals surface area (Å²) in [5.74, 6) is 0.455. The van der Waals surface area contributed by atoms with Gasteiger partial charge >= 0.3 is 0 Å². The second-order valence-corrected chi connectivity index (χ2v) is 6.65. The van der Waals surface area contributed by atoms with Gasteiger partial charge in [-0.2, -0.15) is 0 Å². The van der Waals surface area contributed by atoms with Crippen LogP contribution in [0.3, 0.4) is 0 Å². The molecule has 138 valence electrons. The number of nitrogens with zero attached hydrogens (tertiary/aromatic N) is 1. The van der Waals surface area contributed by atoms with Crippen LogP contribution in [0.15, 0.2) is 54.7 Å². The zero-order valence-corrected chi connectivity index (χ0v) is 15.1. The fourth-order valence-electron chi connectivity index (χ4n) is 3.53. The molecule has 0 unspecified atom stereocenters. The summed E-state index contributed by atoms with van der Waals surface area (Å²) in [5, 5.41) is 3.96. The number of benzene rings is 2. The number of H-pyrrole nitrogens is 1. The number of nitrogens with one attached hydrogen (secondary N) is 2. The lowest BCUT2D eigenvalue weighted by molar-refractivity contribution is -0.119. The van der Waals surface area contributed by atoms with Crippen molar-refractivity contribution in [1.82, 2.24) is 9.88 Å². The third kappa shape index (κ3) is 3.38. The van der Waals surface area contributed by atoms with Crippen molar-refractivity contribution < 1.29 is 14.3 Å². The normalized spacial score (nSPS) is 16.5. The number of rotatable bonds is 4. The third-order valence-corrected chi connectivity index (χ3v) is 4.98. The molecule has 1 saturated heterocycles. The lowest BCUT2D eigenvalue weighted by atomic mass is 10.1. The summed E-state index contributed by atoms with van der Waals surface area (Å²) >= 11 is 0. The molecular weight excluding hydrogens is 342 g/mol. The number of aromatic nitrogens is 1. The summed E-state index contributed by atoms with van der Waals surface area (Å²) < 4.78 is 5.13. The van der Waals surface area contributed by atoms with Crippen LogP contribution in [0.25, 0.3) is 10.9 Å². The summed E-state index contributed by atoms with van der Waals surface area (Å²) in [6.45, 7) is 0.586. The van der Waals surface area contributed by atoms with E-state index in [9.17, 15) is 9.59 Å². The maximum Gasteiger partial charge on any atom is 0.254 e. The predicted molar refractivity (Wildman–Crippen MR) is 104 cm³/mol. The van der Waals surface area contributed by atoms with Crippen LogP contribution in [0.5, 0.6) is 5.75 Å². The number of carbonyl (C=O) groups excluding carboxylic acids is 2. The summed E-state index contributed by atoms with van der Waals surface area (Å²) in [6.07, 6.45) is 3.33. The van der Waals surface area contributed by atoms with Crippen LogP contribution in [0.4, 0.5) is 5.69 Å². The van der Waals surface area contributed by atoms with E-state index in [-0.39, 0.29) is 11.8 Å². The Balaban J connectivity index is 1.50. The molecule has 27 heavy (non-hydrogen) atoms. The Labute approximate surface area is 157 Å². The topological polar surface area (TPSA) is 74.4 Å². The van der Waals surface area contributed by atoms with Gasteiger partial charge in [0.25, 0.3) is 5.91 Å². The van der Waals surface area contributed by atoms with E-state index in [1.807, 2.05) is 30.5 Å². The number of anilines is 1. The van der Waals surface area contributed by atoms with E-state index in [2.05, 4.69) is 10.3 Å². The Morgan fingerprint density at radius 1 is 1.15 bits per heavy atom. The molecule has 2 heterocycles. The number of methoxy groups -OCH3 is 1. The summed E-state index contributed by atoms with van der Waals surface area (Å²) in [7, 11) is 1.60. The van der Waals surface area contributed by atoms with Crippen molar-refractivity contribution in [2.24, 2.45) is 0 Å². The van der Waals surface area contributed by atoms with Crippen molar-refractivity contribution in [3.8, 4) is 5.75 Å². The standard InChI is InChI=1S/C21H21N3O3/c1-27-17-8-6-16(7-9-17)23-20(25)19-3-2-12-24(19)21(26)15-5-4-14-10-11-22-18(14)13-15/h4-11,13,19,22H,2-3,12H2,1H3,(H,23,25)/t19-/m0/s1. The Kier molecular flexibility index (Phi) is 4.54. The van der Waals surface area contributed by atoms with Crippen molar-refractivity contribution in [3.05, 3.63) is 60.3 Å². The van der Waals surface area contributed by atoms with Crippen LogP contribution < -0.4 is 10.1 Å². The van der Waals surface area contributed by atoms with Crippen molar-refractivity contribution in [1.29, 1.82) is 0 Å². The molecule has 0 bridgehead atoms. The van der Waals surface area contributed by atoms with Gasteiger partial charge in [-0.05, 0) is 60.7 Å². The highest BCUT2D eigenvalue weighted by Gasteiger charge is 2.34. The zero-order valence-electron chi connectivity index (χ0n) is 15.1. The molecule has 0 aliphatic carbocycles. The highest BCUT2D eigenvalue weighted by atomic mass is 16.5. The molecule has 1 aliphatic rings. The van der Waals surface area contributed by atoms with Crippen LogP contribution in [-0.2, 0) is 4.79 Å². The molecule has 1 atom stereocenters. The van der Waals surface area contributed by atoms with Gasteiger partial charge in [-0.3, -0.25) is 9.59 Å². The molecule has 0 saturated carbocycles. The molecule has 2 N–H and O–H groups in total. The first-order valence-electron chi connectivity index (χ1n) is 8.99. The number of hydrogen-bond donors (Lipinski definition) is 2. The van der Waals surface area contributed by atoms with Gasteiger partial charge in [-0.25, -0.2) is 0 Å². The zero-order chi connectivity index (χ0) is 18.8. The van der Waals surface area contributed by atoms with Gasteiger partial charge in [0, 0.05) is 29.5 Å². The number of aromatic amines is 1. The summed E-state index contributed by atoms with van der Waals surface area (Å²) in [4.78, 5) is 30.5. The van der Waals surface area contributed by atoms with Crippen LogP contribution in [0.2, 0.25) is 0 Å². The number of carbonyl (C=O) groups is 2. The molecule has 1 fully saturated rings. The number of amides is 2. The maximum atomic E-state index is 13.0. The maximum absolute atomic E-state index is 13.0. The molecule has 0 radical (unpaired) electrons.